The molecule has 0 spiro atoms. The summed E-state index contributed by atoms with van der Waals surface area (Å²) in [5, 5.41) is 6.14. The summed E-state index contributed by atoms with van der Waals surface area (Å²) < 4.78 is 2.86. The Morgan fingerprint density at radius 2 is 2.14 bits per heavy atom. The standard InChI is InChI=1S/C10H10BrClN2/c1-6(2)14-10(12)8-4-3-7(11)5-9(8)13-14/h3-6H,1-2H3. The van der Waals surface area contributed by atoms with Gasteiger partial charge in [-0.15, -0.1) is 0 Å². The normalized spacial score (nSPS) is 11.5. The summed E-state index contributed by atoms with van der Waals surface area (Å²) in [4.78, 5) is 0. The molecule has 1 heterocycles. The van der Waals surface area contributed by atoms with E-state index in [2.05, 4.69) is 34.9 Å². The molecule has 0 aliphatic carbocycles. The SMILES string of the molecule is CC(C)n1nc2cc(Br)ccc2c1Cl. The van der Waals surface area contributed by atoms with E-state index in [0.717, 1.165) is 15.4 Å². The molecular weight excluding hydrogens is 263 g/mol. The van der Waals surface area contributed by atoms with Crippen LogP contribution in [0.5, 0.6) is 0 Å². The minimum absolute atomic E-state index is 0.286. The van der Waals surface area contributed by atoms with Gasteiger partial charge in [0.2, 0.25) is 0 Å². The summed E-state index contributed by atoms with van der Waals surface area (Å²) >= 11 is 9.60. The van der Waals surface area contributed by atoms with Crippen LogP contribution >= 0.6 is 27.5 Å². The van der Waals surface area contributed by atoms with Gasteiger partial charge in [0.1, 0.15) is 5.15 Å². The van der Waals surface area contributed by atoms with Crippen molar-refractivity contribution >= 4 is 38.4 Å². The van der Waals surface area contributed by atoms with E-state index >= 15 is 0 Å². The van der Waals surface area contributed by atoms with E-state index in [9.17, 15) is 0 Å². The van der Waals surface area contributed by atoms with E-state index < -0.39 is 0 Å². The molecule has 0 radical (unpaired) electrons. The molecular formula is C10H10BrClN2. The van der Waals surface area contributed by atoms with Crippen molar-refractivity contribution in [3.8, 4) is 0 Å². The molecule has 0 atom stereocenters. The first-order valence-corrected chi connectivity index (χ1v) is 5.60. The van der Waals surface area contributed by atoms with Crippen LogP contribution in [0.4, 0.5) is 0 Å². The summed E-state index contributed by atoms with van der Waals surface area (Å²) in [5.74, 6) is 0. The lowest BCUT2D eigenvalue weighted by atomic mass is 10.3. The number of aromatic nitrogens is 2. The monoisotopic (exact) mass is 272 g/mol. The Labute approximate surface area is 96.0 Å². The average molecular weight is 274 g/mol. The fourth-order valence-corrected chi connectivity index (χ4v) is 2.13. The minimum Gasteiger partial charge on any atom is -0.250 e. The van der Waals surface area contributed by atoms with E-state index in [4.69, 9.17) is 11.6 Å². The van der Waals surface area contributed by atoms with Crippen molar-refractivity contribution in [2.24, 2.45) is 0 Å². The van der Waals surface area contributed by atoms with Gasteiger partial charge < -0.3 is 0 Å². The highest BCUT2D eigenvalue weighted by Gasteiger charge is 2.10. The van der Waals surface area contributed by atoms with Gasteiger partial charge in [-0.05, 0) is 32.0 Å². The molecule has 2 aromatic rings. The van der Waals surface area contributed by atoms with Gasteiger partial charge >= 0.3 is 0 Å². The van der Waals surface area contributed by atoms with Gasteiger partial charge in [0, 0.05) is 15.9 Å². The lowest BCUT2D eigenvalue weighted by molar-refractivity contribution is 0.538. The third-order valence-corrected chi connectivity index (χ3v) is 2.96. The van der Waals surface area contributed by atoms with Crippen LogP contribution in [0.15, 0.2) is 22.7 Å². The van der Waals surface area contributed by atoms with Gasteiger partial charge in [-0.25, -0.2) is 0 Å². The highest BCUT2D eigenvalue weighted by molar-refractivity contribution is 9.10. The molecule has 0 saturated carbocycles. The van der Waals surface area contributed by atoms with Gasteiger partial charge in [0.15, 0.2) is 0 Å². The number of benzene rings is 1. The highest BCUT2D eigenvalue weighted by Crippen LogP contribution is 2.27. The zero-order chi connectivity index (χ0) is 10.3. The second kappa shape index (κ2) is 3.55. The fourth-order valence-electron chi connectivity index (χ4n) is 1.39. The Hall–Kier alpha value is -0.540. The first-order valence-electron chi connectivity index (χ1n) is 4.43. The molecule has 0 bridgehead atoms. The molecule has 0 N–H and O–H groups in total. The van der Waals surface area contributed by atoms with Crippen LogP contribution in [-0.4, -0.2) is 9.78 Å². The summed E-state index contributed by atoms with van der Waals surface area (Å²) in [6.07, 6.45) is 0. The molecule has 0 amide bonds. The highest BCUT2D eigenvalue weighted by atomic mass is 79.9. The van der Waals surface area contributed by atoms with Crippen LogP contribution in [-0.2, 0) is 0 Å². The molecule has 0 aliphatic rings. The Kier molecular flexibility index (Phi) is 2.54. The van der Waals surface area contributed by atoms with Gasteiger partial charge in [-0.3, -0.25) is 4.68 Å². The number of hydrogen-bond donors (Lipinski definition) is 0. The van der Waals surface area contributed by atoms with Crippen LogP contribution in [0.3, 0.4) is 0 Å². The van der Waals surface area contributed by atoms with Crippen LogP contribution < -0.4 is 0 Å². The van der Waals surface area contributed by atoms with E-state index in [1.807, 2.05) is 22.9 Å². The maximum absolute atomic E-state index is 6.19. The quantitative estimate of drug-likeness (QED) is 0.767. The Morgan fingerprint density at radius 3 is 2.79 bits per heavy atom. The van der Waals surface area contributed by atoms with Crippen LogP contribution in [0.1, 0.15) is 19.9 Å². The maximum atomic E-state index is 6.19. The molecule has 0 unspecified atom stereocenters. The fraction of sp³-hybridized carbons (Fsp3) is 0.300. The zero-order valence-electron chi connectivity index (χ0n) is 7.96. The maximum Gasteiger partial charge on any atom is 0.135 e. The third kappa shape index (κ3) is 1.55. The topological polar surface area (TPSA) is 17.8 Å². The van der Waals surface area contributed by atoms with Crippen molar-refractivity contribution in [2.45, 2.75) is 19.9 Å². The second-order valence-electron chi connectivity index (χ2n) is 3.49. The van der Waals surface area contributed by atoms with Crippen molar-refractivity contribution in [1.82, 2.24) is 9.78 Å². The summed E-state index contributed by atoms with van der Waals surface area (Å²) in [5.41, 5.74) is 0.929. The second-order valence-corrected chi connectivity index (χ2v) is 4.76. The molecule has 0 aliphatic heterocycles. The smallest absolute Gasteiger partial charge is 0.135 e. The largest absolute Gasteiger partial charge is 0.250 e. The molecule has 2 nitrogen and oxygen atoms in total. The first kappa shape index (κ1) is 9.99. The van der Waals surface area contributed by atoms with Gasteiger partial charge in [-0.1, -0.05) is 27.5 Å². The number of nitrogens with zero attached hydrogens (tertiary/aromatic N) is 2. The predicted octanol–water partition coefficient (Wildman–Crippen LogP) is 4.03. The van der Waals surface area contributed by atoms with E-state index in [1.165, 1.54) is 0 Å². The number of rotatable bonds is 1. The third-order valence-electron chi connectivity index (χ3n) is 2.09. The molecule has 0 fully saturated rings. The Balaban J connectivity index is 2.73. The van der Waals surface area contributed by atoms with Crippen LogP contribution in [0.2, 0.25) is 5.15 Å². The molecule has 0 saturated heterocycles. The lowest BCUT2D eigenvalue weighted by Gasteiger charge is -2.05. The van der Waals surface area contributed by atoms with Crippen LogP contribution in [0.25, 0.3) is 10.9 Å². The minimum atomic E-state index is 0.286. The molecule has 74 valence electrons. The van der Waals surface area contributed by atoms with Crippen LogP contribution in [0, 0.1) is 0 Å². The number of halogens is 2. The van der Waals surface area contributed by atoms with Gasteiger partial charge in [0.25, 0.3) is 0 Å². The lowest BCUT2D eigenvalue weighted by Crippen LogP contribution is -2.01. The molecule has 14 heavy (non-hydrogen) atoms. The van der Waals surface area contributed by atoms with Gasteiger partial charge in [-0.2, -0.15) is 5.10 Å². The van der Waals surface area contributed by atoms with Gasteiger partial charge in [0.05, 0.1) is 5.52 Å². The number of fused-ring (bicyclic) bond motifs is 1. The summed E-state index contributed by atoms with van der Waals surface area (Å²) in [6, 6.07) is 6.21. The zero-order valence-corrected chi connectivity index (χ0v) is 10.3. The molecule has 1 aromatic heterocycles. The Bertz CT molecular complexity index is 476. The molecule has 2 rings (SSSR count). The van der Waals surface area contributed by atoms with Crippen molar-refractivity contribution < 1.29 is 0 Å². The van der Waals surface area contributed by atoms with E-state index in [0.29, 0.717) is 5.15 Å². The van der Waals surface area contributed by atoms with E-state index in [1.54, 1.807) is 0 Å². The number of hydrogen-bond acceptors (Lipinski definition) is 1. The predicted molar refractivity (Wildman–Crippen MR) is 62.8 cm³/mol. The van der Waals surface area contributed by atoms with Crippen molar-refractivity contribution in [3.05, 3.63) is 27.8 Å². The first-order chi connectivity index (χ1) is 6.59. The van der Waals surface area contributed by atoms with E-state index in [-0.39, 0.29) is 6.04 Å². The Morgan fingerprint density at radius 1 is 1.43 bits per heavy atom. The van der Waals surface area contributed by atoms with Crippen molar-refractivity contribution in [1.29, 1.82) is 0 Å². The summed E-state index contributed by atoms with van der Waals surface area (Å²) in [7, 11) is 0. The molecule has 4 heteroatoms. The van der Waals surface area contributed by atoms with Crippen molar-refractivity contribution in [3.63, 3.8) is 0 Å². The average Bonchev–Trinajstić information content (AvgIpc) is 2.43. The summed E-state index contributed by atoms with van der Waals surface area (Å²) in [6.45, 7) is 4.12. The van der Waals surface area contributed by atoms with Crippen molar-refractivity contribution in [2.75, 3.05) is 0 Å². The molecule has 1 aromatic carbocycles.